The first-order valence-electron chi connectivity index (χ1n) is 5.04. The molecule has 0 aromatic carbocycles. The van der Waals surface area contributed by atoms with Crippen LogP contribution in [-0.2, 0) is 4.79 Å². The second-order valence-electron chi connectivity index (χ2n) is 3.67. The highest BCUT2D eigenvalue weighted by atomic mass is 16.1. The molecule has 0 amide bonds. The summed E-state index contributed by atoms with van der Waals surface area (Å²) >= 11 is 0. The van der Waals surface area contributed by atoms with Crippen LogP contribution in [0.4, 0.5) is 0 Å². The first-order chi connectivity index (χ1) is 5.86. The van der Waals surface area contributed by atoms with Gasteiger partial charge in [0.05, 0.1) is 0 Å². The number of nitrogens with zero attached hydrogens (tertiary/aromatic N) is 1. The molecule has 2 nitrogen and oxygen atoms in total. The molecule has 1 fully saturated rings. The molecule has 0 N–H and O–H groups in total. The lowest BCUT2D eigenvalue weighted by Gasteiger charge is -2.29. The number of carbonyl (C=O) groups is 1. The standard InChI is InChI=1S/C10H19NO/c1-2-3-6-11-7-4-10(9-12)5-8-11/h9-10H,2-8H2,1H3. The van der Waals surface area contributed by atoms with Crippen molar-refractivity contribution in [2.24, 2.45) is 5.92 Å². The first-order valence-corrected chi connectivity index (χ1v) is 5.04. The van der Waals surface area contributed by atoms with E-state index in [0.29, 0.717) is 5.92 Å². The van der Waals surface area contributed by atoms with Crippen molar-refractivity contribution < 1.29 is 4.79 Å². The van der Waals surface area contributed by atoms with Crippen LogP contribution in [0.1, 0.15) is 32.6 Å². The average Bonchev–Trinajstić information content (AvgIpc) is 2.15. The van der Waals surface area contributed by atoms with Crippen molar-refractivity contribution in [1.29, 1.82) is 0 Å². The summed E-state index contributed by atoms with van der Waals surface area (Å²) in [7, 11) is 0. The Labute approximate surface area is 74.9 Å². The quantitative estimate of drug-likeness (QED) is 0.597. The van der Waals surface area contributed by atoms with Crippen molar-refractivity contribution in [3.8, 4) is 0 Å². The third-order valence-electron chi connectivity index (χ3n) is 2.65. The Hall–Kier alpha value is -0.370. The Kier molecular flexibility index (Phi) is 4.30. The third-order valence-corrected chi connectivity index (χ3v) is 2.65. The Bertz CT molecular complexity index is 128. The van der Waals surface area contributed by atoms with E-state index in [1.165, 1.54) is 19.4 Å². The monoisotopic (exact) mass is 169 g/mol. The van der Waals surface area contributed by atoms with Gasteiger partial charge in [0.25, 0.3) is 0 Å². The van der Waals surface area contributed by atoms with Gasteiger partial charge < -0.3 is 9.69 Å². The molecule has 0 aromatic rings. The van der Waals surface area contributed by atoms with E-state index in [9.17, 15) is 4.79 Å². The molecule has 0 aromatic heterocycles. The molecule has 70 valence electrons. The fourth-order valence-electron chi connectivity index (χ4n) is 1.69. The van der Waals surface area contributed by atoms with Crippen LogP contribution in [0.25, 0.3) is 0 Å². The number of rotatable bonds is 4. The van der Waals surface area contributed by atoms with Crippen LogP contribution in [0.5, 0.6) is 0 Å². The Morgan fingerprint density at radius 2 is 2.08 bits per heavy atom. The van der Waals surface area contributed by atoms with E-state index in [0.717, 1.165) is 32.2 Å². The minimum atomic E-state index is 0.350. The van der Waals surface area contributed by atoms with Crippen LogP contribution in [0.15, 0.2) is 0 Å². The van der Waals surface area contributed by atoms with Crippen LogP contribution in [0.3, 0.4) is 0 Å². The highest BCUT2D eigenvalue weighted by molar-refractivity contribution is 5.53. The molecule has 0 radical (unpaired) electrons. The molecular formula is C10H19NO. The highest BCUT2D eigenvalue weighted by Gasteiger charge is 2.17. The normalized spacial score (nSPS) is 21.1. The van der Waals surface area contributed by atoms with Gasteiger partial charge in [-0.1, -0.05) is 13.3 Å². The van der Waals surface area contributed by atoms with Crippen molar-refractivity contribution in [2.75, 3.05) is 19.6 Å². The number of aldehydes is 1. The summed E-state index contributed by atoms with van der Waals surface area (Å²) in [6, 6.07) is 0. The number of hydrogen-bond acceptors (Lipinski definition) is 2. The highest BCUT2D eigenvalue weighted by Crippen LogP contribution is 2.14. The van der Waals surface area contributed by atoms with Crippen molar-refractivity contribution >= 4 is 6.29 Å². The number of hydrogen-bond donors (Lipinski definition) is 0. The van der Waals surface area contributed by atoms with Gasteiger partial charge in [0.2, 0.25) is 0 Å². The largest absolute Gasteiger partial charge is 0.303 e. The first kappa shape index (κ1) is 9.72. The number of unbranched alkanes of at least 4 members (excludes halogenated alkanes) is 1. The maximum atomic E-state index is 10.5. The fraction of sp³-hybridized carbons (Fsp3) is 0.900. The van der Waals surface area contributed by atoms with Gasteiger partial charge in [-0.2, -0.15) is 0 Å². The maximum absolute atomic E-state index is 10.5. The number of piperidine rings is 1. The summed E-state index contributed by atoms with van der Waals surface area (Å²) in [5, 5.41) is 0. The summed E-state index contributed by atoms with van der Waals surface area (Å²) in [5.74, 6) is 0.350. The topological polar surface area (TPSA) is 20.3 Å². The zero-order valence-electron chi connectivity index (χ0n) is 7.96. The van der Waals surface area contributed by atoms with E-state index in [1.807, 2.05) is 0 Å². The molecule has 0 aliphatic carbocycles. The summed E-state index contributed by atoms with van der Waals surface area (Å²) in [6.07, 6.45) is 5.84. The van der Waals surface area contributed by atoms with Crippen molar-refractivity contribution in [2.45, 2.75) is 32.6 Å². The van der Waals surface area contributed by atoms with Gasteiger partial charge in [0.1, 0.15) is 6.29 Å². The predicted octanol–water partition coefficient (Wildman–Crippen LogP) is 1.70. The lowest BCUT2D eigenvalue weighted by Crippen LogP contribution is -2.34. The Balaban J connectivity index is 2.12. The van der Waals surface area contributed by atoms with Crippen LogP contribution in [0.2, 0.25) is 0 Å². The maximum Gasteiger partial charge on any atom is 0.123 e. The SMILES string of the molecule is CCCCN1CCC(C=O)CC1. The van der Waals surface area contributed by atoms with E-state index >= 15 is 0 Å². The predicted molar refractivity (Wildman–Crippen MR) is 50.1 cm³/mol. The molecule has 1 saturated heterocycles. The molecule has 1 rings (SSSR count). The second kappa shape index (κ2) is 5.31. The van der Waals surface area contributed by atoms with Gasteiger partial charge >= 0.3 is 0 Å². The minimum absolute atomic E-state index is 0.350. The smallest absolute Gasteiger partial charge is 0.123 e. The average molecular weight is 169 g/mol. The van der Waals surface area contributed by atoms with E-state index in [2.05, 4.69) is 11.8 Å². The summed E-state index contributed by atoms with van der Waals surface area (Å²) in [6.45, 7) is 5.70. The molecule has 0 saturated carbocycles. The van der Waals surface area contributed by atoms with E-state index in [1.54, 1.807) is 0 Å². The van der Waals surface area contributed by atoms with E-state index in [-0.39, 0.29) is 0 Å². The molecule has 0 spiro atoms. The molecule has 12 heavy (non-hydrogen) atoms. The van der Waals surface area contributed by atoms with Crippen molar-refractivity contribution in [3.05, 3.63) is 0 Å². The van der Waals surface area contributed by atoms with Gasteiger partial charge in [0.15, 0.2) is 0 Å². The van der Waals surface area contributed by atoms with Crippen molar-refractivity contribution in [1.82, 2.24) is 4.90 Å². The van der Waals surface area contributed by atoms with Crippen LogP contribution >= 0.6 is 0 Å². The van der Waals surface area contributed by atoms with Crippen molar-refractivity contribution in [3.63, 3.8) is 0 Å². The zero-order chi connectivity index (χ0) is 8.81. The summed E-state index contributed by atoms with van der Waals surface area (Å²) in [4.78, 5) is 12.9. The number of likely N-dealkylation sites (tertiary alicyclic amines) is 1. The summed E-state index contributed by atoms with van der Waals surface area (Å²) < 4.78 is 0. The lowest BCUT2D eigenvalue weighted by molar-refractivity contribution is -0.112. The van der Waals surface area contributed by atoms with Gasteiger partial charge in [-0.3, -0.25) is 0 Å². The Morgan fingerprint density at radius 3 is 2.58 bits per heavy atom. The van der Waals surface area contributed by atoms with E-state index < -0.39 is 0 Å². The molecule has 1 aliphatic heterocycles. The van der Waals surface area contributed by atoms with Gasteiger partial charge in [-0.05, 0) is 38.9 Å². The fourth-order valence-corrected chi connectivity index (χ4v) is 1.69. The zero-order valence-corrected chi connectivity index (χ0v) is 7.96. The summed E-state index contributed by atoms with van der Waals surface area (Å²) in [5.41, 5.74) is 0. The van der Waals surface area contributed by atoms with Gasteiger partial charge in [0, 0.05) is 5.92 Å². The molecular weight excluding hydrogens is 150 g/mol. The third kappa shape index (κ3) is 2.94. The molecule has 1 aliphatic rings. The van der Waals surface area contributed by atoms with Gasteiger partial charge in [-0.25, -0.2) is 0 Å². The van der Waals surface area contributed by atoms with Crippen LogP contribution in [-0.4, -0.2) is 30.8 Å². The molecule has 2 heteroatoms. The second-order valence-corrected chi connectivity index (χ2v) is 3.67. The number of carbonyl (C=O) groups excluding carboxylic acids is 1. The van der Waals surface area contributed by atoms with Crippen LogP contribution < -0.4 is 0 Å². The molecule has 0 atom stereocenters. The molecule has 0 unspecified atom stereocenters. The molecule has 1 heterocycles. The molecule has 0 bridgehead atoms. The van der Waals surface area contributed by atoms with Gasteiger partial charge in [-0.15, -0.1) is 0 Å². The van der Waals surface area contributed by atoms with Crippen LogP contribution in [0, 0.1) is 5.92 Å². The minimum Gasteiger partial charge on any atom is -0.303 e. The van der Waals surface area contributed by atoms with E-state index in [4.69, 9.17) is 0 Å². The lowest BCUT2D eigenvalue weighted by atomic mass is 9.98. The Morgan fingerprint density at radius 1 is 1.42 bits per heavy atom.